The van der Waals surface area contributed by atoms with Gasteiger partial charge in [0, 0.05) is 6.20 Å². The second-order valence-corrected chi connectivity index (χ2v) is 2.33. The smallest absolute Gasteiger partial charge is 0.270 e. The summed E-state index contributed by atoms with van der Waals surface area (Å²) in [5.41, 5.74) is 0.414. The number of terminal acetylenes is 1. The van der Waals surface area contributed by atoms with Crippen molar-refractivity contribution >= 4 is 5.91 Å². The molecule has 0 fully saturated rings. The number of hydrogen-bond acceptors (Lipinski definition) is 2. The van der Waals surface area contributed by atoms with Crippen LogP contribution in [0.2, 0.25) is 0 Å². The molecule has 0 aromatic carbocycles. The van der Waals surface area contributed by atoms with Crippen molar-refractivity contribution in [1.29, 1.82) is 0 Å². The molecule has 0 saturated carbocycles. The van der Waals surface area contributed by atoms with E-state index in [-0.39, 0.29) is 11.9 Å². The van der Waals surface area contributed by atoms with E-state index in [0.29, 0.717) is 5.69 Å². The average Bonchev–Trinajstić information content (AvgIpc) is 2.56. The van der Waals surface area contributed by atoms with E-state index in [2.05, 4.69) is 21.4 Å². The molecule has 0 bridgehead atoms. The maximum atomic E-state index is 11.2. The molecule has 1 amide bonds. The molecule has 1 aromatic rings. The van der Waals surface area contributed by atoms with Gasteiger partial charge in [-0.25, -0.2) is 0 Å². The minimum Gasteiger partial charge on any atom is -0.337 e. The van der Waals surface area contributed by atoms with E-state index in [4.69, 9.17) is 6.42 Å². The van der Waals surface area contributed by atoms with Crippen LogP contribution < -0.4 is 5.32 Å². The quantitative estimate of drug-likeness (QED) is 0.610. The Morgan fingerprint density at radius 1 is 1.92 bits per heavy atom. The van der Waals surface area contributed by atoms with E-state index in [0.717, 1.165) is 0 Å². The highest BCUT2D eigenvalue weighted by molar-refractivity contribution is 5.92. The van der Waals surface area contributed by atoms with Gasteiger partial charge in [0.1, 0.15) is 5.69 Å². The van der Waals surface area contributed by atoms with Crippen LogP contribution in [0.4, 0.5) is 0 Å². The van der Waals surface area contributed by atoms with Crippen molar-refractivity contribution in [1.82, 2.24) is 15.5 Å². The topological polar surface area (TPSA) is 57.8 Å². The van der Waals surface area contributed by atoms with Crippen LogP contribution in [-0.2, 0) is 0 Å². The molecule has 12 heavy (non-hydrogen) atoms. The van der Waals surface area contributed by atoms with E-state index in [1.807, 2.05) is 0 Å². The number of H-pyrrole nitrogens is 1. The first-order chi connectivity index (χ1) is 5.74. The molecule has 4 nitrogen and oxygen atoms in total. The summed E-state index contributed by atoms with van der Waals surface area (Å²) in [7, 11) is 0. The fraction of sp³-hybridized carbons (Fsp3) is 0.250. The third-order valence-corrected chi connectivity index (χ3v) is 1.34. The fourth-order valence-corrected chi connectivity index (χ4v) is 0.698. The molecule has 0 radical (unpaired) electrons. The van der Waals surface area contributed by atoms with Gasteiger partial charge >= 0.3 is 0 Å². The van der Waals surface area contributed by atoms with Crippen LogP contribution in [0.5, 0.6) is 0 Å². The zero-order chi connectivity index (χ0) is 8.97. The Morgan fingerprint density at radius 2 is 2.67 bits per heavy atom. The summed E-state index contributed by atoms with van der Waals surface area (Å²) < 4.78 is 0. The summed E-state index contributed by atoms with van der Waals surface area (Å²) in [6, 6.07) is 1.32. The van der Waals surface area contributed by atoms with Crippen molar-refractivity contribution in [3.63, 3.8) is 0 Å². The predicted molar refractivity (Wildman–Crippen MR) is 44.3 cm³/mol. The molecular weight excluding hydrogens is 154 g/mol. The number of nitrogens with one attached hydrogen (secondary N) is 2. The van der Waals surface area contributed by atoms with Crippen LogP contribution >= 0.6 is 0 Å². The molecule has 1 aromatic heterocycles. The molecule has 4 heteroatoms. The van der Waals surface area contributed by atoms with Gasteiger partial charge in [0.2, 0.25) is 0 Å². The molecule has 1 atom stereocenters. The number of carbonyl (C=O) groups excluding carboxylic acids is 1. The van der Waals surface area contributed by atoms with Gasteiger partial charge in [-0.3, -0.25) is 9.89 Å². The monoisotopic (exact) mass is 163 g/mol. The Balaban J connectivity index is 2.57. The number of carbonyl (C=O) groups is 1. The van der Waals surface area contributed by atoms with Crippen LogP contribution in [0, 0.1) is 12.3 Å². The average molecular weight is 163 g/mol. The Bertz CT molecular complexity index is 297. The van der Waals surface area contributed by atoms with Gasteiger partial charge < -0.3 is 5.32 Å². The molecule has 62 valence electrons. The van der Waals surface area contributed by atoms with Crippen molar-refractivity contribution in [3.05, 3.63) is 18.0 Å². The first-order valence-corrected chi connectivity index (χ1v) is 3.50. The van der Waals surface area contributed by atoms with E-state index < -0.39 is 0 Å². The van der Waals surface area contributed by atoms with Crippen LogP contribution in [0.25, 0.3) is 0 Å². The summed E-state index contributed by atoms with van der Waals surface area (Å²) in [5.74, 6) is 2.15. The van der Waals surface area contributed by atoms with Crippen molar-refractivity contribution in [2.45, 2.75) is 13.0 Å². The van der Waals surface area contributed by atoms with Gasteiger partial charge in [-0.2, -0.15) is 5.10 Å². The highest BCUT2D eigenvalue weighted by Crippen LogP contribution is 1.91. The van der Waals surface area contributed by atoms with Gasteiger partial charge in [-0.1, -0.05) is 5.92 Å². The molecule has 0 aliphatic heterocycles. The van der Waals surface area contributed by atoms with Gasteiger partial charge in [0.15, 0.2) is 0 Å². The summed E-state index contributed by atoms with van der Waals surface area (Å²) in [4.78, 5) is 11.2. The van der Waals surface area contributed by atoms with Crippen molar-refractivity contribution in [2.75, 3.05) is 0 Å². The van der Waals surface area contributed by atoms with Crippen LogP contribution in [0.3, 0.4) is 0 Å². The molecule has 1 heterocycles. The normalized spacial score (nSPS) is 11.7. The van der Waals surface area contributed by atoms with Gasteiger partial charge in [0.25, 0.3) is 5.91 Å². The van der Waals surface area contributed by atoms with Crippen LogP contribution in [0.15, 0.2) is 12.3 Å². The highest BCUT2D eigenvalue weighted by Gasteiger charge is 2.07. The highest BCUT2D eigenvalue weighted by atomic mass is 16.2. The van der Waals surface area contributed by atoms with Gasteiger partial charge in [-0.15, -0.1) is 6.42 Å². The number of amides is 1. The first-order valence-electron chi connectivity index (χ1n) is 3.50. The summed E-state index contributed by atoms with van der Waals surface area (Å²) in [6.07, 6.45) is 6.59. The van der Waals surface area contributed by atoms with Gasteiger partial charge in [-0.05, 0) is 13.0 Å². The SMILES string of the molecule is C#CC(C)NC(=O)c1ccn[nH]1. The molecule has 0 aliphatic carbocycles. The molecule has 1 rings (SSSR count). The zero-order valence-electron chi connectivity index (χ0n) is 6.66. The third-order valence-electron chi connectivity index (χ3n) is 1.34. The van der Waals surface area contributed by atoms with Gasteiger partial charge in [0.05, 0.1) is 6.04 Å². The van der Waals surface area contributed by atoms with Crippen LogP contribution in [0.1, 0.15) is 17.4 Å². The largest absolute Gasteiger partial charge is 0.337 e. The Morgan fingerprint density at radius 3 is 3.17 bits per heavy atom. The molecule has 0 saturated heterocycles. The Labute approximate surface area is 70.4 Å². The summed E-state index contributed by atoms with van der Waals surface area (Å²) in [6.45, 7) is 1.73. The minimum absolute atomic E-state index is 0.238. The number of nitrogens with zero attached hydrogens (tertiary/aromatic N) is 1. The molecule has 1 unspecified atom stereocenters. The maximum absolute atomic E-state index is 11.2. The second-order valence-electron chi connectivity index (χ2n) is 2.33. The van der Waals surface area contributed by atoms with E-state index in [9.17, 15) is 4.79 Å². The molecule has 0 spiro atoms. The van der Waals surface area contributed by atoms with Crippen molar-refractivity contribution in [2.24, 2.45) is 0 Å². The Kier molecular flexibility index (Phi) is 2.49. The number of rotatable bonds is 2. The number of aromatic amines is 1. The van der Waals surface area contributed by atoms with Crippen molar-refractivity contribution in [3.8, 4) is 12.3 Å². The maximum Gasteiger partial charge on any atom is 0.270 e. The summed E-state index contributed by atoms with van der Waals surface area (Å²) in [5, 5.41) is 8.76. The van der Waals surface area contributed by atoms with E-state index >= 15 is 0 Å². The van der Waals surface area contributed by atoms with E-state index in [1.54, 1.807) is 13.0 Å². The number of aromatic nitrogens is 2. The second kappa shape index (κ2) is 3.58. The molecule has 2 N–H and O–H groups in total. The fourth-order valence-electron chi connectivity index (χ4n) is 0.698. The first kappa shape index (κ1) is 8.34. The lowest BCUT2D eigenvalue weighted by Gasteiger charge is -2.04. The minimum atomic E-state index is -0.263. The Hall–Kier alpha value is -1.76. The van der Waals surface area contributed by atoms with Crippen LogP contribution in [-0.4, -0.2) is 22.1 Å². The number of hydrogen-bond donors (Lipinski definition) is 2. The van der Waals surface area contributed by atoms with Crippen molar-refractivity contribution < 1.29 is 4.79 Å². The molecular formula is C8H9N3O. The summed E-state index contributed by atoms with van der Waals surface area (Å²) >= 11 is 0. The third kappa shape index (κ3) is 1.86. The lowest BCUT2D eigenvalue weighted by molar-refractivity contribution is 0.0943. The lowest BCUT2D eigenvalue weighted by atomic mass is 10.3. The molecule has 0 aliphatic rings. The zero-order valence-corrected chi connectivity index (χ0v) is 6.66. The van der Waals surface area contributed by atoms with E-state index in [1.165, 1.54) is 6.20 Å². The predicted octanol–water partition coefficient (Wildman–Crippen LogP) is 0.161. The lowest BCUT2D eigenvalue weighted by Crippen LogP contribution is -2.31. The standard InChI is InChI=1S/C8H9N3O/c1-3-6(2)10-8(12)7-4-5-9-11-7/h1,4-6H,2H3,(H,9,11)(H,10,12).